The van der Waals surface area contributed by atoms with E-state index in [1.807, 2.05) is 0 Å². The molecule has 1 heterocycles. The van der Waals surface area contributed by atoms with Gasteiger partial charge in [-0.2, -0.15) is 0 Å². The Kier molecular flexibility index (Phi) is 6.85. The molecule has 7 heteroatoms. The van der Waals surface area contributed by atoms with Crippen molar-refractivity contribution in [1.82, 2.24) is 10.3 Å². The Morgan fingerprint density at radius 2 is 2.24 bits per heavy atom. The second kappa shape index (κ2) is 7.59. The zero-order chi connectivity index (χ0) is 12.0. The molecule has 0 aliphatic rings. The Morgan fingerprint density at radius 3 is 2.71 bits per heavy atom. The van der Waals surface area contributed by atoms with Crippen LogP contribution < -0.4 is 11.1 Å². The maximum Gasteiger partial charge on any atom is 0.305 e. The van der Waals surface area contributed by atoms with Crippen LogP contribution in [0.5, 0.6) is 0 Å². The molecule has 0 fully saturated rings. The molecule has 4 N–H and O–H groups in total. The Labute approximate surface area is 105 Å². The molecular weight excluding hydrogens is 246 g/mol. The zero-order valence-electron chi connectivity index (χ0n) is 9.00. The predicted octanol–water partition coefficient (Wildman–Crippen LogP) is 0.0941. The van der Waals surface area contributed by atoms with E-state index >= 15 is 0 Å². The van der Waals surface area contributed by atoms with Gasteiger partial charge < -0.3 is 16.2 Å². The lowest BCUT2D eigenvalue weighted by molar-refractivity contribution is -0.137. The second-order valence-electron chi connectivity index (χ2n) is 3.21. The van der Waals surface area contributed by atoms with Crippen molar-refractivity contribution in [3.63, 3.8) is 0 Å². The largest absolute Gasteiger partial charge is 0.481 e. The fourth-order valence-corrected chi connectivity index (χ4v) is 1.26. The number of halogens is 1. The summed E-state index contributed by atoms with van der Waals surface area (Å²) in [6, 6.07) is 2.79. The lowest BCUT2D eigenvalue weighted by Gasteiger charge is -2.16. The highest BCUT2D eigenvalue weighted by Crippen LogP contribution is 2.15. The molecule has 0 aromatic carbocycles. The van der Waals surface area contributed by atoms with Crippen molar-refractivity contribution in [2.45, 2.75) is 12.5 Å². The maximum atomic E-state index is 11.1. The summed E-state index contributed by atoms with van der Waals surface area (Å²) in [7, 11) is 0. The fraction of sp³-hybridized carbons (Fsp3) is 0.300. The summed E-state index contributed by atoms with van der Waals surface area (Å²) in [5.41, 5.74) is 5.80. The number of carbonyl (C=O) groups is 2. The van der Waals surface area contributed by atoms with Crippen LogP contribution in [0.15, 0.2) is 24.5 Å². The number of hydrogen-bond acceptors (Lipinski definition) is 4. The maximum absolute atomic E-state index is 11.1. The summed E-state index contributed by atoms with van der Waals surface area (Å²) in [6.07, 6.45) is 2.90. The first-order chi connectivity index (χ1) is 7.63. The molecule has 0 saturated carbocycles. The van der Waals surface area contributed by atoms with Crippen molar-refractivity contribution in [3.8, 4) is 0 Å². The predicted molar refractivity (Wildman–Crippen MR) is 63.7 cm³/mol. The number of nitrogens with zero attached hydrogens (tertiary/aromatic N) is 1. The van der Waals surface area contributed by atoms with Gasteiger partial charge in [0.1, 0.15) is 0 Å². The van der Waals surface area contributed by atoms with Crippen molar-refractivity contribution >= 4 is 24.3 Å². The van der Waals surface area contributed by atoms with Crippen LogP contribution in [0.1, 0.15) is 18.0 Å². The highest BCUT2D eigenvalue weighted by Gasteiger charge is 2.17. The summed E-state index contributed by atoms with van der Waals surface area (Å²) in [4.78, 5) is 25.6. The fourth-order valence-electron chi connectivity index (χ4n) is 1.26. The molecule has 0 bridgehead atoms. The number of carbonyl (C=O) groups excluding carboxylic acids is 1. The summed E-state index contributed by atoms with van der Waals surface area (Å²) in [5, 5.41) is 11.3. The number of nitrogens with two attached hydrogens (primary N) is 1. The number of hydrogen-bond donors (Lipinski definition) is 3. The molecule has 94 valence electrons. The molecule has 1 rings (SSSR count). The second-order valence-corrected chi connectivity index (χ2v) is 3.21. The van der Waals surface area contributed by atoms with Gasteiger partial charge in [0.2, 0.25) is 5.91 Å². The average molecular weight is 260 g/mol. The molecule has 0 aliphatic carbocycles. The molecule has 0 radical (unpaired) electrons. The van der Waals surface area contributed by atoms with Gasteiger partial charge >= 0.3 is 5.97 Å². The molecular formula is C10H14ClN3O3. The van der Waals surface area contributed by atoms with E-state index in [9.17, 15) is 9.59 Å². The smallest absolute Gasteiger partial charge is 0.305 e. The van der Waals surface area contributed by atoms with Crippen molar-refractivity contribution < 1.29 is 14.7 Å². The molecule has 6 nitrogen and oxygen atoms in total. The minimum Gasteiger partial charge on any atom is -0.481 e. The van der Waals surface area contributed by atoms with Crippen molar-refractivity contribution in [1.29, 1.82) is 0 Å². The zero-order valence-corrected chi connectivity index (χ0v) is 9.81. The molecule has 0 spiro atoms. The highest BCUT2D eigenvalue weighted by molar-refractivity contribution is 5.85. The average Bonchev–Trinajstić information content (AvgIpc) is 2.28. The van der Waals surface area contributed by atoms with Crippen LogP contribution in [0.4, 0.5) is 0 Å². The van der Waals surface area contributed by atoms with Crippen molar-refractivity contribution in [2.75, 3.05) is 6.54 Å². The van der Waals surface area contributed by atoms with Gasteiger partial charge in [0.15, 0.2) is 0 Å². The molecule has 1 aromatic rings. The molecule has 1 aromatic heterocycles. The van der Waals surface area contributed by atoms with E-state index < -0.39 is 17.9 Å². The number of carboxylic acids is 1. The Balaban J connectivity index is 0.00000256. The van der Waals surface area contributed by atoms with E-state index in [0.29, 0.717) is 5.56 Å². The Hall–Kier alpha value is -1.66. The van der Waals surface area contributed by atoms with Gasteiger partial charge in [-0.25, -0.2) is 0 Å². The van der Waals surface area contributed by atoms with Crippen molar-refractivity contribution in [2.24, 2.45) is 5.73 Å². The lowest BCUT2D eigenvalue weighted by Crippen LogP contribution is -2.34. The van der Waals surface area contributed by atoms with E-state index in [1.54, 1.807) is 18.3 Å². The van der Waals surface area contributed by atoms with Crippen LogP contribution in [0.3, 0.4) is 0 Å². The van der Waals surface area contributed by atoms with Crippen LogP contribution in [0, 0.1) is 0 Å². The minimum absolute atomic E-state index is 0. The number of aromatic nitrogens is 1. The number of aliphatic carboxylic acids is 1. The Morgan fingerprint density at radius 1 is 1.53 bits per heavy atom. The molecule has 1 atom stereocenters. The topological polar surface area (TPSA) is 105 Å². The van der Waals surface area contributed by atoms with Gasteiger partial charge in [0.05, 0.1) is 19.0 Å². The lowest BCUT2D eigenvalue weighted by atomic mass is 10.1. The van der Waals surface area contributed by atoms with Crippen LogP contribution in [-0.4, -0.2) is 28.5 Å². The quantitative estimate of drug-likeness (QED) is 0.695. The number of rotatable bonds is 5. The summed E-state index contributed by atoms with van der Waals surface area (Å²) >= 11 is 0. The monoisotopic (exact) mass is 259 g/mol. The van der Waals surface area contributed by atoms with Gasteiger partial charge in [-0.1, -0.05) is 6.07 Å². The molecule has 0 saturated heterocycles. The minimum atomic E-state index is -0.994. The van der Waals surface area contributed by atoms with Gasteiger partial charge in [0.25, 0.3) is 0 Å². The van der Waals surface area contributed by atoms with E-state index in [-0.39, 0.29) is 25.4 Å². The third-order valence-corrected chi connectivity index (χ3v) is 1.99. The SMILES string of the molecule is Cl.NCC(=O)NC(CC(=O)O)c1cccnc1. The highest BCUT2D eigenvalue weighted by atomic mass is 35.5. The first kappa shape index (κ1) is 15.3. The first-order valence-corrected chi connectivity index (χ1v) is 4.74. The third kappa shape index (κ3) is 5.28. The first-order valence-electron chi connectivity index (χ1n) is 4.74. The standard InChI is InChI=1S/C10H13N3O3.ClH/c11-5-9(14)13-8(4-10(15)16)7-2-1-3-12-6-7;/h1-3,6,8H,4-5,11H2,(H,13,14)(H,15,16);1H. The summed E-state index contributed by atoms with van der Waals surface area (Å²) < 4.78 is 0. The van der Waals surface area contributed by atoms with Gasteiger partial charge in [-0.15, -0.1) is 12.4 Å². The normalized spacial score (nSPS) is 11.1. The van der Waals surface area contributed by atoms with E-state index in [2.05, 4.69) is 10.3 Å². The van der Waals surface area contributed by atoms with E-state index in [0.717, 1.165) is 0 Å². The van der Waals surface area contributed by atoms with Gasteiger partial charge in [-0.05, 0) is 11.6 Å². The molecule has 17 heavy (non-hydrogen) atoms. The number of nitrogens with one attached hydrogen (secondary N) is 1. The number of amides is 1. The molecule has 0 aliphatic heterocycles. The third-order valence-electron chi connectivity index (χ3n) is 1.99. The van der Waals surface area contributed by atoms with Crippen LogP contribution in [0.25, 0.3) is 0 Å². The number of carboxylic acid groups (broad SMARTS) is 1. The van der Waals surface area contributed by atoms with Crippen LogP contribution in [-0.2, 0) is 9.59 Å². The summed E-state index contributed by atoms with van der Waals surface area (Å²) in [6.45, 7) is -0.170. The van der Waals surface area contributed by atoms with E-state index in [4.69, 9.17) is 10.8 Å². The van der Waals surface area contributed by atoms with Gasteiger partial charge in [0, 0.05) is 12.4 Å². The molecule has 1 unspecified atom stereocenters. The van der Waals surface area contributed by atoms with Gasteiger partial charge in [-0.3, -0.25) is 14.6 Å². The van der Waals surface area contributed by atoms with Crippen LogP contribution >= 0.6 is 12.4 Å². The summed E-state index contributed by atoms with van der Waals surface area (Å²) in [5.74, 6) is -1.39. The molecule has 1 amide bonds. The number of pyridine rings is 1. The van der Waals surface area contributed by atoms with E-state index in [1.165, 1.54) is 6.20 Å². The Bertz CT molecular complexity index is 372. The van der Waals surface area contributed by atoms with Crippen molar-refractivity contribution in [3.05, 3.63) is 30.1 Å². The van der Waals surface area contributed by atoms with Crippen LogP contribution in [0.2, 0.25) is 0 Å².